The van der Waals surface area contributed by atoms with Gasteiger partial charge in [0.1, 0.15) is 0 Å². The number of halogens is 1. The van der Waals surface area contributed by atoms with Crippen LogP contribution in [0.3, 0.4) is 0 Å². The first-order valence-electron chi connectivity index (χ1n) is 8.63. The summed E-state index contributed by atoms with van der Waals surface area (Å²) >= 11 is 5.88. The highest BCUT2D eigenvalue weighted by Crippen LogP contribution is 2.25. The number of carbonyl (C=O) groups excluding carboxylic acids is 1. The Morgan fingerprint density at radius 1 is 1.00 bits per heavy atom. The van der Waals surface area contributed by atoms with Crippen LogP contribution in [0.1, 0.15) is 16.7 Å². The zero-order chi connectivity index (χ0) is 17.8. The molecule has 0 saturated carbocycles. The number of hydrogen-bond donors (Lipinski definition) is 1. The molecule has 0 atom stereocenters. The highest BCUT2D eigenvalue weighted by atomic mass is 35.5. The second kappa shape index (κ2) is 7.79. The molecule has 1 aliphatic heterocycles. The van der Waals surface area contributed by atoms with Gasteiger partial charge >= 0.3 is 6.03 Å². The third-order valence-corrected chi connectivity index (χ3v) is 4.93. The van der Waals surface area contributed by atoms with E-state index in [0.29, 0.717) is 11.6 Å². The van der Waals surface area contributed by atoms with Crippen LogP contribution in [0, 0.1) is 13.8 Å². The maximum Gasteiger partial charge on any atom is 0.317 e. The smallest absolute Gasteiger partial charge is 0.317 e. The summed E-state index contributed by atoms with van der Waals surface area (Å²) in [5, 5.41) is 3.70. The lowest BCUT2D eigenvalue weighted by Crippen LogP contribution is -2.52. The molecule has 0 bridgehead atoms. The lowest BCUT2D eigenvalue weighted by Gasteiger charge is -2.37. The highest BCUT2D eigenvalue weighted by Gasteiger charge is 2.22. The number of piperazine rings is 1. The Morgan fingerprint density at radius 2 is 1.60 bits per heavy atom. The Kier molecular flexibility index (Phi) is 5.49. The molecule has 25 heavy (non-hydrogen) atoms. The maximum atomic E-state index is 12.4. The molecule has 2 amide bonds. The fraction of sp³-hybridized carbons (Fsp3) is 0.350. The lowest BCUT2D eigenvalue weighted by atomic mass is 10.1. The normalized spacial score (nSPS) is 14.5. The van der Waals surface area contributed by atoms with Crippen molar-refractivity contribution in [2.75, 3.05) is 31.1 Å². The lowest BCUT2D eigenvalue weighted by molar-refractivity contribution is 0.194. The second-order valence-electron chi connectivity index (χ2n) is 6.50. The minimum Gasteiger partial charge on any atom is -0.368 e. The van der Waals surface area contributed by atoms with E-state index in [-0.39, 0.29) is 6.03 Å². The van der Waals surface area contributed by atoms with E-state index in [0.717, 1.165) is 31.7 Å². The van der Waals surface area contributed by atoms with Gasteiger partial charge in [-0.1, -0.05) is 41.9 Å². The molecule has 132 valence electrons. The van der Waals surface area contributed by atoms with Gasteiger partial charge in [-0.25, -0.2) is 4.79 Å². The minimum atomic E-state index is -0.00361. The number of anilines is 1. The molecule has 1 heterocycles. The summed E-state index contributed by atoms with van der Waals surface area (Å²) < 4.78 is 0. The number of rotatable bonds is 3. The molecule has 0 radical (unpaired) electrons. The van der Waals surface area contributed by atoms with E-state index in [1.54, 1.807) is 0 Å². The first-order valence-corrected chi connectivity index (χ1v) is 9.01. The molecule has 5 heteroatoms. The summed E-state index contributed by atoms with van der Waals surface area (Å²) in [6, 6.07) is 13.9. The number of nitrogens with zero attached hydrogens (tertiary/aromatic N) is 2. The van der Waals surface area contributed by atoms with E-state index < -0.39 is 0 Å². The van der Waals surface area contributed by atoms with Crippen LogP contribution < -0.4 is 10.2 Å². The van der Waals surface area contributed by atoms with Gasteiger partial charge in [0.05, 0.1) is 0 Å². The number of aryl methyl sites for hydroxylation is 2. The van der Waals surface area contributed by atoms with Gasteiger partial charge in [-0.3, -0.25) is 0 Å². The van der Waals surface area contributed by atoms with Gasteiger partial charge in [0.15, 0.2) is 0 Å². The fourth-order valence-corrected chi connectivity index (χ4v) is 3.46. The number of urea groups is 1. The predicted molar refractivity (Wildman–Crippen MR) is 103 cm³/mol. The fourth-order valence-electron chi connectivity index (χ4n) is 3.33. The second-order valence-corrected chi connectivity index (χ2v) is 6.94. The van der Waals surface area contributed by atoms with Crippen molar-refractivity contribution in [1.82, 2.24) is 10.2 Å². The van der Waals surface area contributed by atoms with Gasteiger partial charge in [0, 0.05) is 43.4 Å². The van der Waals surface area contributed by atoms with E-state index in [2.05, 4.69) is 42.3 Å². The Balaban J connectivity index is 1.53. The minimum absolute atomic E-state index is 0.00361. The Bertz CT molecular complexity index is 717. The molecule has 2 aromatic rings. The molecular formula is C20H24ClN3O. The summed E-state index contributed by atoms with van der Waals surface area (Å²) in [6.07, 6.45) is 0. The SMILES string of the molecule is Cc1cccc(C)c1N1CCN(C(=O)NCc2ccc(Cl)cc2)CC1. The molecular weight excluding hydrogens is 334 g/mol. The van der Waals surface area contributed by atoms with E-state index in [1.807, 2.05) is 29.2 Å². The molecule has 3 rings (SSSR count). The van der Waals surface area contributed by atoms with Crippen LogP contribution in [0.4, 0.5) is 10.5 Å². The van der Waals surface area contributed by atoms with Gasteiger partial charge in [0.2, 0.25) is 0 Å². The average Bonchev–Trinajstić information content (AvgIpc) is 2.61. The van der Waals surface area contributed by atoms with Crippen molar-refractivity contribution in [3.63, 3.8) is 0 Å². The molecule has 0 unspecified atom stereocenters. The van der Waals surface area contributed by atoms with Crippen molar-refractivity contribution in [2.45, 2.75) is 20.4 Å². The van der Waals surface area contributed by atoms with Crippen molar-refractivity contribution < 1.29 is 4.79 Å². The standard InChI is InChI=1S/C20H24ClN3O/c1-15-4-3-5-16(2)19(15)23-10-12-24(13-11-23)20(25)22-14-17-6-8-18(21)9-7-17/h3-9H,10-14H2,1-2H3,(H,22,25). The highest BCUT2D eigenvalue weighted by molar-refractivity contribution is 6.30. The first-order chi connectivity index (χ1) is 12.0. The molecule has 1 fully saturated rings. The van der Waals surface area contributed by atoms with Crippen molar-refractivity contribution in [2.24, 2.45) is 0 Å². The Labute approximate surface area is 154 Å². The number of para-hydroxylation sites is 1. The molecule has 0 aliphatic carbocycles. The quantitative estimate of drug-likeness (QED) is 0.901. The Hall–Kier alpha value is -2.20. The number of nitrogens with one attached hydrogen (secondary N) is 1. The van der Waals surface area contributed by atoms with E-state index in [4.69, 9.17) is 11.6 Å². The predicted octanol–water partition coefficient (Wildman–Crippen LogP) is 3.99. The number of hydrogen-bond acceptors (Lipinski definition) is 2. The summed E-state index contributed by atoms with van der Waals surface area (Å²) in [5.41, 5.74) is 4.94. The molecule has 0 spiro atoms. The monoisotopic (exact) mass is 357 g/mol. The van der Waals surface area contributed by atoms with E-state index >= 15 is 0 Å². The number of carbonyl (C=O) groups is 1. The van der Waals surface area contributed by atoms with Crippen molar-refractivity contribution >= 4 is 23.3 Å². The van der Waals surface area contributed by atoms with Gasteiger partial charge in [-0.15, -0.1) is 0 Å². The van der Waals surface area contributed by atoms with Crippen LogP contribution in [0.5, 0.6) is 0 Å². The van der Waals surface area contributed by atoms with Gasteiger partial charge < -0.3 is 15.1 Å². The molecule has 0 aromatic heterocycles. The van der Waals surface area contributed by atoms with Crippen LogP contribution in [-0.2, 0) is 6.54 Å². The van der Waals surface area contributed by atoms with Gasteiger partial charge in [-0.2, -0.15) is 0 Å². The third kappa shape index (κ3) is 4.26. The zero-order valence-electron chi connectivity index (χ0n) is 14.8. The van der Waals surface area contributed by atoms with Crippen molar-refractivity contribution in [1.29, 1.82) is 0 Å². The molecule has 1 aliphatic rings. The van der Waals surface area contributed by atoms with E-state index in [9.17, 15) is 4.79 Å². The van der Waals surface area contributed by atoms with Gasteiger partial charge in [-0.05, 0) is 42.7 Å². The zero-order valence-corrected chi connectivity index (χ0v) is 15.5. The third-order valence-electron chi connectivity index (χ3n) is 4.68. The van der Waals surface area contributed by atoms with Crippen LogP contribution in [-0.4, -0.2) is 37.1 Å². The summed E-state index contributed by atoms with van der Waals surface area (Å²) in [5.74, 6) is 0. The van der Waals surface area contributed by atoms with E-state index in [1.165, 1.54) is 16.8 Å². The molecule has 4 nitrogen and oxygen atoms in total. The number of amides is 2. The molecule has 1 saturated heterocycles. The summed E-state index contributed by atoms with van der Waals surface area (Å²) in [7, 11) is 0. The first kappa shape index (κ1) is 17.6. The van der Waals surface area contributed by atoms with Crippen molar-refractivity contribution in [3.05, 3.63) is 64.2 Å². The van der Waals surface area contributed by atoms with Crippen molar-refractivity contribution in [3.8, 4) is 0 Å². The largest absolute Gasteiger partial charge is 0.368 e. The van der Waals surface area contributed by atoms with Crippen LogP contribution >= 0.6 is 11.6 Å². The average molecular weight is 358 g/mol. The van der Waals surface area contributed by atoms with Gasteiger partial charge in [0.25, 0.3) is 0 Å². The van der Waals surface area contributed by atoms with Crippen LogP contribution in [0.25, 0.3) is 0 Å². The topological polar surface area (TPSA) is 35.6 Å². The summed E-state index contributed by atoms with van der Waals surface area (Å²) in [6.45, 7) is 8.01. The van der Waals surface area contributed by atoms with Crippen LogP contribution in [0.2, 0.25) is 5.02 Å². The summed E-state index contributed by atoms with van der Waals surface area (Å²) in [4.78, 5) is 16.7. The maximum absolute atomic E-state index is 12.4. The molecule has 2 aromatic carbocycles. The molecule has 1 N–H and O–H groups in total. The number of benzene rings is 2. The Morgan fingerprint density at radius 3 is 2.20 bits per heavy atom. The van der Waals surface area contributed by atoms with Crippen LogP contribution in [0.15, 0.2) is 42.5 Å².